The number of aromatic nitrogens is 2. The molecule has 2 aromatic rings. The number of methoxy groups -OCH3 is 1. The summed E-state index contributed by atoms with van der Waals surface area (Å²) >= 11 is 0. The molecule has 0 unspecified atom stereocenters. The second kappa shape index (κ2) is 7.68. The van der Waals surface area contributed by atoms with Crippen LogP contribution in [0, 0.1) is 0 Å². The monoisotopic (exact) mass is 351 g/mol. The summed E-state index contributed by atoms with van der Waals surface area (Å²) in [5.41, 5.74) is 6.74. The molecule has 0 atom stereocenters. The van der Waals surface area contributed by atoms with E-state index in [0.717, 1.165) is 30.6 Å². The molecule has 1 fully saturated rings. The molecule has 0 spiro atoms. The lowest BCUT2D eigenvalue weighted by atomic mass is 9.77. The highest BCUT2D eigenvalue weighted by molar-refractivity contribution is 5.85. The zero-order chi connectivity index (χ0) is 16.3. The van der Waals surface area contributed by atoms with Crippen molar-refractivity contribution in [2.75, 3.05) is 13.7 Å². The predicted octanol–water partition coefficient (Wildman–Crippen LogP) is 3.41. The Kier molecular flexibility index (Phi) is 5.85. The molecule has 1 aromatic carbocycles. The van der Waals surface area contributed by atoms with Gasteiger partial charge in [0.1, 0.15) is 0 Å². The van der Waals surface area contributed by atoms with Gasteiger partial charge in [0.2, 0.25) is 0 Å². The summed E-state index contributed by atoms with van der Waals surface area (Å²) in [6, 6.07) is 5.72. The van der Waals surface area contributed by atoms with Gasteiger partial charge in [-0.2, -0.15) is 4.98 Å². The second-order valence-corrected chi connectivity index (χ2v) is 5.64. The molecule has 0 saturated heterocycles. The molecule has 1 heterocycles. The van der Waals surface area contributed by atoms with Crippen LogP contribution in [-0.4, -0.2) is 23.9 Å². The molecule has 1 aliphatic carbocycles. The molecule has 7 heteroatoms. The van der Waals surface area contributed by atoms with Crippen LogP contribution in [0.15, 0.2) is 22.7 Å². The Morgan fingerprint density at radius 2 is 2.08 bits per heavy atom. The van der Waals surface area contributed by atoms with Crippen molar-refractivity contribution in [1.82, 2.24) is 10.1 Å². The molecule has 0 bridgehead atoms. The minimum Gasteiger partial charge on any atom is -0.493 e. The van der Waals surface area contributed by atoms with Crippen molar-refractivity contribution in [3.8, 4) is 11.5 Å². The molecule has 0 aliphatic heterocycles. The fraction of sp³-hybridized carbons (Fsp3) is 0.412. The molecule has 6 nitrogen and oxygen atoms in total. The van der Waals surface area contributed by atoms with Crippen molar-refractivity contribution in [3.63, 3.8) is 0 Å². The van der Waals surface area contributed by atoms with Crippen molar-refractivity contribution in [3.05, 3.63) is 35.5 Å². The van der Waals surface area contributed by atoms with Crippen molar-refractivity contribution < 1.29 is 14.0 Å². The van der Waals surface area contributed by atoms with Gasteiger partial charge in [0, 0.05) is 6.08 Å². The highest BCUT2D eigenvalue weighted by Crippen LogP contribution is 2.37. The van der Waals surface area contributed by atoms with Gasteiger partial charge in [0.15, 0.2) is 17.3 Å². The van der Waals surface area contributed by atoms with E-state index in [1.807, 2.05) is 31.2 Å². The van der Waals surface area contributed by atoms with Gasteiger partial charge in [0.25, 0.3) is 5.89 Å². The summed E-state index contributed by atoms with van der Waals surface area (Å²) in [5.74, 6) is 2.45. The largest absolute Gasteiger partial charge is 0.493 e. The Morgan fingerprint density at radius 1 is 1.29 bits per heavy atom. The van der Waals surface area contributed by atoms with Gasteiger partial charge in [-0.25, -0.2) is 0 Å². The van der Waals surface area contributed by atoms with Crippen LogP contribution < -0.4 is 15.2 Å². The maximum Gasteiger partial charge on any atom is 0.250 e. The Bertz CT molecular complexity index is 711. The molecule has 0 radical (unpaired) electrons. The predicted molar refractivity (Wildman–Crippen MR) is 94.4 cm³/mol. The Labute approximate surface area is 147 Å². The molecule has 130 valence electrons. The maximum atomic E-state index is 6.19. The smallest absolute Gasteiger partial charge is 0.250 e. The zero-order valence-corrected chi connectivity index (χ0v) is 14.6. The number of nitrogens with zero attached hydrogens (tertiary/aromatic N) is 2. The van der Waals surface area contributed by atoms with E-state index in [-0.39, 0.29) is 12.4 Å². The van der Waals surface area contributed by atoms with Gasteiger partial charge >= 0.3 is 0 Å². The Balaban J connectivity index is 0.00000208. The normalized spacial score (nSPS) is 15.6. The summed E-state index contributed by atoms with van der Waals surface area (Å²) in [6.07, 6.45) is 6.59. The molecule has 0 amide bonds. The fourth-order valence-corrected chi connectivity index (χ4v) is 2.52. The van der Waals surface area contributed by atoms with E-state index in [4.69, 9.17) is 19.7 Å². The third kappa shape index (κ3) is 3.71. The lowest BCUT2D eigenvalue weighted by Crippen LogP contribution is -2.44. The summed E-state index contributed by atoms with van der Waals surface area (Å²) in [4.78, 5) is 4.36. The van der Waals surface area contributed by atoms with Crippen LogP contribution in [0.1, 0.15) is 43.5 Å². The van der Waals surface area contributed by atoms with Gasteiger partial charge < -0.3 is 19.7 Å². The van der Waals surface area contributed by atoms with Crippen LogP contribution in [-0.2, 0) is 5.54 Å². The van der Waals surface area contributed by atoms with Crippen LogP contribution in [0.25, 0.3) is 12.2 Å². The van der Waals surface area contributed by atoms with Crippen molar-refractivity contribution in [1.29, 1.82) is 0 Å². The fourth-order valence-electron chi connectivity index (χ4n) is 2.52. The lowest BCUT2D eigenvalue weighted by Gasteiger charge is -2.34. The van der Waals surface area contributed by atoms with Crippen molar-refractivity contribution in [2.45, 2.75) is 31.7 Å². The van der Waals surface area contributed by atoms with Gasteiger partial charge in [-0.3, -0.25) is 0 Å². The highest BCUT2D eigenvalue weighted by atomic mass is 35.5. The molecule has 1 aliphatic rings. The van der Waals surface area contributed by atoms with Crippen LogP contribution in [0.4, 0.5) is 0 Å². The summed E-state index contributed by atoms with van der Waals surface area (Å²) in [5, 5.41) is 3.99. The molecule has 1 aromatic heterocycles. The Hall–Kier alpha value is -2.05. The molecular formula is C17H22ClN3O3. The first-order chi connectivity index (χ1) is 11.1. The zero-order valence-electron chi connectivity index (χ0n) is 13.8. The SMILES string of the molecule is CCOc1ccc(/C=C/c2nc(C3(N)CCC3)no2)cc1OC.Cl. The maximum absolute atomic E-state index is 6.19. The van der Waals surface area contributed by atoms with Crippen LogP contribution in [0.5, 0.6) is 11.5 Å². The molecule has 3 rings (SSSR count). The van der Waals surface area contributed by atoms with Crippen molar-refractivity contribution >= 4 is 24.6 Å². The van der Waals surface area contributed by atoms with E-state index in [1.54, 1.807) is 13.2 Å². The summed E-state index contributed by atoms with van der Waals surface area (Å²) < 4.78 is 16.1. The van der Waals surface area contributed by atoms with Crippen LogP contribution in [0.3, 0.4) is 0 Å². The first-order valence-corrected chi connectivity index (χ1v) is 7.76. The number of rotatable bonds is 6. The quantitative estimate of drug-likeness (QED) is 0.858. The summed E-state index contributed by atoms with van der Waals surface area (Å²) in [7, 11) is 1.62. The van der Waals surface area contributed by atoms with Crippen LogP contribution >= 0.6 is 12.4 Å². The number of hydrogen-bond donors (Lipinski definition) is 1. The molecule has 2 N–H and O–H groups in total. The first-order valence-electron chi connectivity index (χ1n) is 7.76. The average Bonchev–Trinajstić information content (AvgIpc) is 3.01. The van der Waals surface area contributed by atoms with Gasteiger partial charge in [-0.05, 0) is 50.0 Å². The topological polar surface area (TPSA) is 83.4 Å². The molecular weight excluding hydrogens is 330 g/mol. The minimum absolute atomic E-state index is 0. The average molecular weight is 352 g/mol. The van der Waals surface area contributed by atoms with E-state index < -0.39 is 5.54 Å². The number of benzene rings is 1. The number of halogens is 1. The van der Waals surface area contributed by atoms with E-state index in [1.165, 1.54) is 0 Å². The van der Waals surface area contributed by atoms with E-state index >= 15 is 0 Å². The summed E-state index contributed by atoms with van der Waals surface area (Å²) in [6.45, 7) is 2.53. The Morgan fingerprint density at radius 3 is 2.71 bits per heavy atom. The third-order valence-electron chi connectivity index (χ3n) is 4.04. The molecule has 1 saturated carbocycles. The minimum atomic E-state index is -0.405. The first kappa shape index (κ1) is 18.3. The standard InChI is InChI=1S/C17H21N3O3.ClH/c1-3-22-13-7-5-12(11-14(13)21-2)6-8-15-19-16(20-23-15)17(18)9-4-10-17;/h5-8,11H,3-4,9-10,18H2,1-2H3;1H/b8-6+;. The van der Waals surface area contributed by atoms with Gasteiger partial charge in [0.05, 0.1) is 19.3 Å². The van der Waals surface area contributed by atoms with Gasteiger partial charge in [-0.1, -0.05) is 11.2 Å². The van der Waals surface area contributed by atoms with Crippen LogP contribution in [0.2, 0.25) is 0 Å². The van der Waals surface area contributed by atoms with Gasteiger partial charge in [-0.15, -0.1) is 12.4 Å². The van der Waals surface area contributed by atoms with E-state index in [0.29, 0.717) is 24.1 Å². The van der Waals surface area contributed by atoms with E-state index in [2.05, 4.69) is 10.1 Å². The third-order valence-corrected chi connectivity index (χ3v) is 4.04. The molecule has 24 heavy (non-hydrogen) atoms. The number of nitrogens with two attached hydrogens (primary N) is 1. The number of hydrogen-bond acceptors (Lipinski definition) is 6. The highest BCUT2D eigenvalue weighted by Gasteiger charge is 2.38. The van der Waals surface area contributed by atoms with Crippen molar-refractivity contribution in [2.24, 2.45) is 5.73 Å². The van der Waals surface area contributed by atoms with E-state index in [9.17, 15) is 0 Å². The number of ether oxygens (including phenoxy) is 2. The second-order valence-electron chi connectivity index (χ2n) is 5.64. The lowest BCUT2D eigenvalue weighted by molar-refractivity contribution is 0.229.